The number of hydrogen-bond acceptors (Lipinski definition) is 14. The molecule has 6 rings (SSSR count). The van der Waals surface area contributed by atoms with Crippen molar-refractivity contribution in [3.05, 3.63) is 163 Å². The van der Waals surface area contributed by atoms with Crippen molar-refractivity contribution in [3.63, 3.8) is 0 Å². The van der Waals surface area contributed by atoms with Crippen LogP contribution in [0.1, 0.15) is 68.5 Å². The molecule has 2 atom stereocenters. The maximum absolute atomic E-state index is 12.1. The van der Waals surface area contributed by atoms with Crippen LogP contribution in [0.5, 0.6) is 23.0 Å². The zero-order valence-electron chi connectivity index (χ0n) is 42.3. The SMILES string of the molecule is CN=Cc1cncc(COc2cc(OCc3cccc(-c4cccc(COc5cc(OCc6cncc(C=NC)c6)c(CNC(CCSC)C(=O)O)cc5Cl)c4C)c3C)c(Cl)cc2CNC(CCSC)C(=O)O)c1. The molecule has 4 aromatic carbocycles. The van der Waals surface area contributed by atoms with E-state index in [1.54, 1.807) is 99.1 Å². The molecule has 0 saturated heterocycles. The number of rotatable bonds is 29. The summed E-state index contributed by atoms with van der Waals surface area (Å²) < 4.78 is 25.7. The Labute approximate surface area is 451 Å². The summed E-state index contributed by atoms with van der Waals surface area (Å²) in [6, 6.07) is 21.6. The molecule has 0 aliphatic heterocycles. The zero-order chi connectivity index (χ0) is 53.0. The van der Waals surface area contributed by atoms with Crippen molar-refractivity contribution >= 4 is 71.1 Å². The number of carboxylic acid groups (broad SMARTS) is 2. The lowest BCUT2D eigenvalue weighted by atomic mass is 9.92. The summed E-state index contributed by atoms with van der Waals surface area (Å²) in [5, 5.41) is 26.8. The fraction of sp³-hybridized carbons (Fsp3) is 0.321. The number of ether oxygens (including phenoxy) is 4. The summed E-state index contributed by atoms with van der Waals surface area (Å²) in [6.45, 7) is 5.32. The van der Waals surface area contributed by atoms with Crippen molar-refractivity contribution in [1.82, 2.24) is 20.6 Å². The van der Waals surface area contributed by atoms with Crippen LogP contribution in [-0.4, -0.2) is 94.7 Å². The van der Waals surface area contributed by atoms with Crippen LogP contribution in [0.3, 0.4) is 0 Å². The van der Waals surface area contributed by atoms with Crippen molar-refractivity contribution in [2.45, 2.75) is 78.3 Å². The molecule has 18 heteroatoms. The topological polar surface area (TPSA) is 186 Å². The lowest BCUT2D eigenvalue weighted by molar-refractivity contribution is -0.140. The number of halogens is 2. The predicted molar refractivity (Wildman–Crippen MR) is 300 cm³/mol. The smallest absolute Gasteiger partial charge is 0.320 e. The molecule has 14 nitrogen and oxygen atoms in total. The fourth-order valence-electron chi connectivity index (χ4n) is 7.99. The van der Waals surface area contributed by atoms with Crippen LogP contribution in [-0.2, 0) is 49.1 Å². The summed E-state index contributed by atoms with van der Waals surface area (Å²) in [5.41, 5.74) is 10.7. The maximum atomic E-state index is 12.1. The first-order chi connectivity index (χ1) is 35.8. The van der Waals surface area contributed by atoms with Gasteiger partial charge in [-0.3, -0.25) is 29.5 Å². The van der Waals surface area contributed by atoms with Crippen molar-refractivity contribution in [1.29, 1.82) is 0 Å². The van der Waals surface area contributed by atoms with Crippen molar-refractivity contribution in [3.8, 4) is 34.1 Å². The summed E-state index contributed by atoms with van der Waals surface area (Å²) in [4.78, 5) is 41.0. The number of hydrogen-bond donors (Lipinski definition) is 4. The van der Waals surface area contributed by atoms with Crippen LogP contribution in [0.2, 0.25) is 10.0 Å². The van der Waals surface area contributed by atoms with Crippen molar-refractivity contribution in [2.24, 2.45) is 9.98 Å². The first-order valence-corrected chi connectivity index (χ1v) is 27.3. The minimum Gasteiger partial charge on any atom is -0.488 e. The molecule has 0 aliphatic carbocycles. The fourth-order valence-corrected chi connectivity index (χ4v) is 9.41. The van der Waals surface area contributed by atoms with Crippen LogP contribution >= 0.6 is 46.7 Å². The first kappa shape index (κ1) is 57.1. The third-order valence-corrected chi connectivity index (χ3v) is 13.9. The van der Waals surface area contributed by atoms with Crippen LogP contribution in [0.15, 0.2) is 108 Å². The van der Waals surface area contributed by atoms with Gasteiger partial charge in [0.05, 0.1) is 10.0 Å². The van der Waals surface area contributed by atoms with Crippen molar-refractivity contribution in [2.75, 3.05) is 38.1 Å². The Bertz CT molecular complexity index is 2730. The quantitative estimate of drug-likeness (QED) is 0.0325. The highest BCUT2D eigenvalue weighted by atomic mass is 35.5. The molecule has 390 valence electrons. The van der Waals surface area contributed by atoms with Crippen LogP contribution in [0, 0.1) is 13.8 Å². The van der Waals surface area contributed by atoms with Crippen LogP contribution in [0.25, 0.3) is 11.1 Å². The van der Waals surface area contributed by atoms with Gasteiger partial charge in [0.15, 0.2) is 0 Å². The monoisotopic (exact) mass is 1080 g/mol. The van der Waals surface area contributed by atoms with E-state index in [2.05, 4.69) is 56.6 Å². The van der Waals surface area contributed by atoms with Gasteiger partial charge < -0.3 is 39.8 Å². The molecule has 6 aromatic rings. The van der Waals surface area contributed by atoms with Crippen molar-refractivity contribution < 1.29 is 38.7 Å². The van der Waals surface area contributed by atoms with Gasteiger partial charge in [0.1, 0.15) is 61.5 Å². The van der Waals surface area contributed by atoms with Crippen LogP contribution in [0.4, 0.5) is 0 Å². The molecule has 0 radical (unpaired) electrons. The van der Waals surface area contributed by atoms with Gasteiger partial charge in [-0.2, -0.15) is 23.5 Å². The number of aromatic nitrogens is 2. The molecule has 2 heterocycles. The van der Waals surface area contributed by atoms with Gasteiger partial charge in [0, 0.05) is 110 Å². The second-order valence-electron chi connectivity index (χ2n) is 17.2. The minimum atomic E-state index is -0.927. The number of nitrogens with one attached hydrogen (secondary N) is 2. The highest BCUT2D eigenvalue weighted by Crippen LogP contribution is 2.38. The molecule has 0 fully saturated rings. The van der Waals surface area contributed by atoms with E-state index in [1.807, 2.05) is 48.9 Å². The first-order valence-electron chi connectivity index (χ1n) is 23.8. The maximum Gasteiger partial charge on any atom is 0.320 e. The van der Waals surface area contributed by atoms with Gasteiger partial charge in [0.2, 0.25) is 0 Å². The van der Waals surface area contributed by atoms with E-state index in [4.69, 9.17) is 42.1 Å². The second-order valence-corrected chi connectivity index (χ2v) is 20.0. The molecular weight excluding hydrogens is 1020 g/mol. The average Bonchev–Trinajstić information content (AvgIpc) is 3.38. The number of carbonyl (C=O) groups is 2. The number of aliphatic carboxylic acids is 2. The molecule has 74 heavy (non-hydrogen) atoms. The Morgan fingerprint density at radius 2 is 1.00 bits per heavy atom. The Kier molecular flexibility index (Phi) is 22.5. The van der Waals surface area contributed by atoms with E-state index in [0.29, 0.717) is 68.5 Å². The normalized spacial score (nSPS) is 12.3. The molecule has 2 unspecified atom stereocenters. The average molecular weight is 1080 g/mol. The number of aliphatic imine (C=N–C) groups is 2. The largest absolute Gasteiger partial charge is 0.488 e. The predicted octanol–water partition coefficient (Wildman–Crippen LogP) is 11.1. The lowest BCUT2D eigenvalue weighted by Crippen LogP contribution is -2.36. The highest BCUT2D eigenvalue weighted by molar-refractivity contribution is 7.98. The van der Waals surface area contributed by atoms with E-state index in [-0.39, 0.29) is 39.5 Å². The van der Waals surface area contributed by atoms with Gasteiger partial charge in [-0.1, -0.05) is 59.6 Å². The summed E-state index contributed by atoms with van der Waals surface area (Å²) >= 11 is 17.0. The van der Waals surface area contributed by atoms with E-state index in [0.717, 1.165) is 55.6 Å². The molecule has 0 spiro atoms. The molecule has 2 aromatic heterocycles. The Morgan fingerprint density at radius 3 is 1.38 bits per heavy atom. The Hall–Kier alpha value is -6.14. The van der Waals surface area contributed by atoms with E-state index in [9.17, 15) is 19.8 Å². The summed E-state index contributed by atoms with van der Waals surface area (Å²) in [7, 11) is 3.39. The van der Waals surface area contributed by atoms with Gasteiger partial charge in [-0.25, -0.2) is 0 Å². The lowest BCUT2D eigenvalue weighted by Gasteiger charge is -2.20. The third kappa shape index (κ3) is 16.4. The van der Waals surface area contributed by atoms with Crippen LogP contribution < -0.4 is 29.6 Å². The molecule has 4 N–H and O–H groups in total. The minimum absolute atomic E-state index is 0.192. The van der Waals surface area contributed by atoms with Gasteiger partial charge in [0.25, 0.3) is 0 Å². The number of thioether (sulfide) groups is 2. The second kappa shape index (κ2) is 29.1. The van der Waals surface area contributed by atoms with E-state index < -0.39 is 24.0 Å². The Morgan fingerprint density at radius 1 is 0.595 bits per heavy atom. The summed E-state index contributed by atoms with van der Waals surface area (Å²) in [5.74, 6) is 1.33. The van der Waals surface area contributed by atoms with E-state index in [1.165, 1.54) is 0 Å². The number of pyridine rings is 2. The molecule has 0 bridgehead atoms. The molecule has 0 aliphatic rings. The van der Waals surface area contributed by atoms with Gasteiger partial charge >= 0.3 is 11.9 Å². The Balaban J connectivity index is 1.21. The molecule has 0 amide bonds. The van der Waals surface area contributed by atoms with Gasteiger partial charge in [-0.05, 0) is 108 Å². The number of carboxylic acids is 2. The molecule has 0 saturated carbocycles. The standard InChI is InChI=1S/C56H62Cl2N6O8S2/c1-35-41(33-71-53-21-51(69-31-39-17-37(23-59-3)25-61-27-39)43(19-47(53)57)29-63-49(55(65)66)13-15-73-5)9-7-11-45(35)46-12-8-10-42(36(46)2)34-72-54-22-52(70-32-40-18-38(24-60-4)26-62-28-40)44(20-48(54)58)30-64-50(56(67)68)14-16-74-6/h7-12,17-28,49-50,63-64H,13-16,29-34H2,1-6H3,(H,65,66)(H,67,68). The molecular formula is C56H62Cl2N6O8S2. The van der Waals surface area contributed by atoms with E-state index >= 15 is 0 Å². The van der Waals surface area contributed by atoms with Gasteiger partial charge in [-0.15, -0.1) is 0 Å². The number of benzene rings is 4. The zero-order valence-corrected chi connectivity index (χ0v) is 45.5. The number of nitrogens with zero attached hydrogens (tertiary/aromatic N) is 4. The highest BCUT2D eigenvalue weighted by Gasteiger charge is 2.22. The third-order valence-electron chi connectivity index (χ3n) is 12.1. The summed E-state index contributed by atoms with van der Waals surface area (Å²) in [6.07, 6.45) is 15.1.